The molecule has 5 heteroatoms. The van der Waals surface area contributed by atoms with Crippen molar-refractivity contribution in [3.8, 4) is 6.07 Å². The lowest BCUT2D eigenvalue weighted by Crippen LogP contribution is -2.19. The molecular formula is C10H11NO3S. The first-order valence-corrected chi connectivity index (χ1v) is 5.51. The molecule has 1 aromatic rings. The summed E-state index contributed by atoms with van der Waals surface area (Å²) in [5.41, 5.74) is 1.02. The van der Waals surface area contributed by atoms with Crippen LogP contribution < -0.4 is 0 Å². The number of nitriles is 1. The average molecular weight is 225 g/mol. The van der Waals surface area contributed by atoms with Crippen LogP contribution in [0, 0.1) is 11.3 Å². The van der Waals surface area contributed by atoms with Gasteiger partial charge in [0, 0.05) is 0 Å². The van der Waals surface area contributed by atoms with E-state index >= 15 is 0 Å². The van der Waals surface area contributed by atoms with Crippen molar-refractivity contribution in [3.05, 3.63) is 35.4 Å². The summed E-state index contributed by atoms with van der Waals surface area (Å²) in [5, 5.41) is 17.5. The average Bonchev–Trinajstić information content (AvgIpc) is 2.27. The molecule has 0 fully saturated rings. The van der Waals surface area contributed by atoms with E-state index in [9.17, 15) is 9.32 Å². The highest BCUT2D eigenvalue weighted by Gasteiger charge is 2.20. The highest BCUT2D eigenvalue weighted by atomic mass is 32.2. The van der Waals surface area contributed by atoms with E-state index in [2.05, 4.69) is 0 Å². The van der Waals surface area contributed by atoms with Gasteiger partial charge in [0.2, 0.25) is 0 Å². The van der Waals surface area contributed by atoms with Gasteiger partial charge < -0.3 is 9.66 Å². The van der Waals surface area contributed by atoms with E-state index in [0.29, 0.717) is 11.1 Å². The highest BCUT2D eigenvalue weighted by Crippen LogP contribution is 2.19. The molecule has 0 spiro atoms. The molecule has 0 aliphatic carbocycles. The first-order chi connectivity index (χ1) is 7.06. The number of hydrogen-bond donors (Lipinski definition) is 2. The Balaban J connectivity index is 2.88. The molecule has 0 radical (unpaired) electrons. The predicted molar refractivity (Wildman–Crippen MR) is 56.4 cm³/mol. The van der Waals surface area contributed by atoms with Gasteiger partial charge in [-0.05, 0) is 24.6 Å². The van der Waals surface area contributed by atoms with Crippen LogP contribution in [0.3, 0.4) is 0 Å². The monoisotopic (exact) mass is 225 g/mol. The standard InChI is InChI=1S/C10H11NO3S/c1-7(15(13)14)10(12)9-4-2-8(6-11)3-5-9/h2-5,7,10,12H,1H3,(H,13,14)/t7-,10+/m0/s1. The van der Waals surface area contributed by atoms with Gasteiger partial charge in [0.05, 0.1) is 23.0 Å². The Morgan fingerprint density at radius 1 is 1.40 bits per heavy atom. The lowest BCUT2D eigenvalue weighted by Gasteiger charge is -2.15. The van der Waals surface area contributed by atoms with Crippen LogP contribution in [0.4, 0.5) is 0 Å². The number of rotatable bonds is 3. The molecule has 3 atom stereocenters. The summed E-state index contributed by atoms with van der Waals surface area (Å²) in [7, 11) is 0. The molecule has 0 saturated heterocycles. The third-order valence-corrected chi connectivity index (χ3v) is 3.04. The SMILES string of the molecule is C[C@@H]([C@@H](O)c1ccc(C#N)cc1)S(=O)O. The van der Waals surface area contributed by atoms with E-state index in [1.807, 2.05) is 6.07 Å². The van der Waals surface area contributed by atoms with Crippen LogP contribution in [0.15, 0.2) is 24.3 Å². The summed E-state index contributed by atoms with van der Waals surface area (Å²) in [6.07, 6.45) is -0.997. The zero-order chi connectivity index (χ0) is 11.4. The van der Waals surface area contributed by atoms with Crippen LogP contribution in [0.1, 0.15) is 24.2 Å². The second-order valence-electron chi connectivity index (χ2n) is 3.16. The zero-order valence-corrected chi connectivity index (χ0v) is 8.94. The van der Waals surface area contributed by atoms with E-state index in [-0.39, 0.29) is 0 Å². The number of nitrogens with zero attached hydrogens (tertiary/aromatic N) is 1. The van der Waals surface area contributed by atoms with Crippen LogP contribution in [-0.4, -0.2) is 19.1 Å². The second kappa shape index (κ2) is 5.03. The second-order valence-corrected chi connectivity index (χ2v) is 4.46. The van der Waals surface area contributed by atoms with E-state index in [4.69, 9.17) is 9.81 Å². The van der Waals surface area contributed by atoms with E-state index in [0.717, 1.165) is 0 Å². The van der Waals surface area contributed by atoms with Gasteiger partial charge in [0.15, 0.2) is 11.1 Å². The Labute approximate surface area is 90.5 Å². The summed E-state index contributed by atoms with van der Waals surface area (Å²) in [6.45, 7) is 1.49. The fraction of sp³-hybridized carbons (Fsp3) is 0.300. The lowest BCUT2D eigenvalue weighted by atomic mass is 10.1. The van der Waals surface area contributed by atoms with Crippen molar-refractivity contribution < 1.29 is 13.9 Å². The van der Waals surface area contributed by atoms with Gasteiger partial charge in [-0.15, -0.1) is 0 Å². The van der Waals surface area contributed by atoms with Crippen LogP contribution in [-0.2, 0) is 11.1 Å². The maximum Gasteiger partial charge on any atom is 0.158 e. The molecule has 0 heterocycles. The van der Waals surface area contributed by atoms with Gasteiger partial charge in [-0.1, -0.05) is 12.1 Å². The van der Waals surface area contributed by atoms with Crippen molar-refractivity contribution in [2.24, 2.45) is 0 Å². The smallest absolute Gasteiger partial charge is 0.158 e. The Hall–Kier alpha value is -1.22. The van der Waals surface area contributed by atoms with Crippen molar-refractivity contribution >= 4 is 11.1 Å². The fourth-order valence-electron chi connectivity index (χ4n) is 1.14. The van der Waals surface area contributed by atoms with Crippen LogP contribution in [0.25, 0.3) is 0 Å². The Morgan fingerprint density at radius 2 is 1.93 bits per heavy atom. The van der Waals surface area contributed by atoms with Crippen molar-refractivity contribution in [2.45, 2.75) is 18.3 Å². The van der Waals surface area contributed by atoms with Crippen molar-refractivity contribution in [1.82, 2.24) is 0 Å². The van der Waals surface area contributed by atoms with E-state index in [1.54, 1.807) is 24.3 Å². The fourth-order valence-corrected chi connectivity index (χ4v) is 1.51. The lowest BCUT2D eigenvalue weighted by molar-refractivity contribution is 0.175. The van der Waals surface area contributed by atoms with Crippen LogP contribution in [0.2, 0.25) is 0 Å². The molecule has 2 N–H and O–H groups in total. The molecule has 0 bridgehead atoms. The maximum atomic E-state index is 10.7. The minimum Gasteiger partial charge on any atom is -0.387 e. The molecule has 1 aromatic carbocycles. The van der Waals surface area contributed by atoms with Gasteiger partial charge >= 0.3 is 0 Å². The minimum absolute atomic E-state index is 0.490. The molecule has 0 aliphatic heterocycles. The first-order valence-electron chi connectivity index (χ1n) is 4.34. The topological polar surface area (TPSA) is 81.3 Å². The van der Waals surface area contributed by atoms with Crippen molar-refractivity contribution in [1.29, 1.82) is 5.26 Å². The first kappa shape index (κ1) is 11.9. The minimum atomic E-state index is -2.06. The predicted octanol–water partition coefficient (Wildman–Crippen LogP) is 1.20. The normalized spacial score (nSPS) is 16.4. The molecule has 0 aromatic heterocycles. The molecule has 1 rings (SSSR count). The summed E-state index contributed by atoms with van der Waals surface area (Å²) in [6, 6.07) is 8.23. The zero-order valence-electron chi connectivity index (χ0n) is 8.12. The summed E-state index contributed by atoms with van der Waals surface area (Å²) in [4.78, 5) is 0. The molecule has 4 nitrogen and oxygen atoms in total. The van der Waals surface area contributed by atoms with Gasteiger partial charge in [0.25, 0.3) is 0 Å². The number of aliphatic hydroxyl groups excluding tert-OH is 1. The van der Waals surface area contributed by atoms with Crippen LogP contribution in [0.5, 0.6) is 0 Å². The molecule has 15 heavy (non-hydrogen) atoms. The molecule has 0 saturated carbocycles. The van der Waals surface area contributed by atoms with E-state index in [1.165, 1.54) is 6.92 Å². The molecule has 0 amide bonds. The van der Waals surface area contributed by atoms with Crippen LogP contribution >= 0.6 is 0 Å². The Kier molecular flexibility index (Phi) is 3.97. The molecule has 80 valence electrons. The van der Waals surface area contributed by atoms with Gasteiger partial charge in [-0.2, -0.15) is 5.26 Å². The molecular weight excluding hydrogens is 214 g/mol. The maximum absolute atomic E-state index is 10.7. The van der Waals surface area contributed by atoms with E-state index < -0.39 is 22.4 Å². The summed E-state index contributed by atoms with van der Waals surface area (Å²) < 4.78 is 19.5. The Bertz CT molecular complexity index is 396. The van der Waals surface area contributed by atoms with Crippen molar-refractivity contribution in [3.63, 3.8) is 0 Å². The highest BCUT2D eigenvalue weighted by molar-refractivity contribution is 7.79. The summed E-state index contributed by atoms with van der Waals surface area (Å²) in [5.74, 6) is 0. The van der Waals surface area contributed by atoms with Crippen molar-refractivity contribution in [2.75, 3.05) is 0 Å². The number of hydrogen-bond acceptors (Lipinski definition) is 3. The largest absolute Gasteiger partial charge is 0.387 e. The van der Waals surface area contributed by atoms with Gasteiger partial charge in [0.1, 0.15) is 0 Å². The van der Waals surface area contributed by atoms with Gasteiger partial charge in [-0.3, -0.25) is 0 Å². The third-order valence-electron chi connectivity index (χ3n) is 2.14. The van der Waals surface area contributed by atoms with Gasteiger partial charge in [-0.25, -0.2) is 4.21 Å². The molecule has 1 unspecified atom stereocenters. The molecule has 0 aliphatic rings. The quantitative estimate of drug-likeness (QED) is 0.757. The summed E-state index contributed by atoms with van der Waals surface area (Å²) >= 11 is -2.06. The Morgan fingerprint density at radius 3 is 2.33 bits per heavy atom. The number of benzene rings is 1. The number of aliphatic hydroxyl groups is 1. The third kappa shape index (κ3) is 2.86.